The second-order valence-corrected chi connectivity index (χ2v) is 5.63. The lowest BCUT2D eigenvalue weighted by Gasteiger charge is -2.28. The van der Waals surface area contributed by atoms with E-state index >= 15 is 0 Å². The predicted octanol–water partition coefficient (Wildman–Crippen LogP) is 1.55. The lowest BCUT2D eigenvalue weighted by atomic mass is 10.0. The molecule has 1 amide bonds. The first-order valence-corrected chi connectivity index (χ1v) is 6.84. The Bertz CT molecular complexity index is 567. The molecule has 0 aromatic heterocycles. The van der Waals surface area contributed by atoms with Crippen LogP contribution in [0.4, 0.5) is 11.4 Å². The van der Waals surface area contributed by atoms with Gasteiger partial charge in [-0.2, -0.15) is 0 Å². The van der Waals surface area contributed by atoms with E-state index in [9.17, 15) is 20.0 Å². The molecular weight excluding hydrogens is 274 g/mol. The number of amides is 1. The molecule has 2 rings (SSSR count). The van der Waals surface area contributed by atoms with Crippen molar-refractivity contribution in [3.63, 3.8) is 0 Å². The third-order valence-corrected chi connectivity index (χ3v) is 3.86. The third kappa shape index (κ3) is 3.30. The minimum Gasteiger partial charge on any atom is -0.399 e. The van der Waals surface area contributed by atoms with Gasteiger partial charge in [0.05, 0.1) is 10.5 Å². The van der Waals surface area contributed by atoms with Crippen molar-refractivity contribution in [2.24, 2.45) is 0 Å². The third-order valence-electron chi connectivity index (χ3n) is 3.86. The van der Waals surface area contributed by atoms with Gasteiger partial charge in [0.1, 0.15) is 5.56 Å². The number of carbonyl (C=O) groups is 1. The van der Waals surface area contributed by atoms with Gasteiger partial charge < -0.3 is 15.7 Å². The standard InChI is InChI=1S/C14H19N3O4/c1-16(9-14(19)6-2-3-7-14)13(18)11-8-10(15)4-5-12(11)17(20)21/h4-5,8,19H,2-3,6-7,9,15H2,1H3. The summed E-state index contributed by atoms with van der Waals surface area (Å²) in [6, 6.07) is 3.91. The molecule has 0 heterocycles. The number of benzene rings is 1. The van der Waals surface area contributed by atoms with Crippen LogP contribution in [0.3, 0.4) is 0 Å². The number of nitrogen functional groups attached to an aromatic ring is 1. The first-order chi connectivity index (χ1) is 9.82. The van der Waals surface area contributed by atoms with Gasteiger partial charge in [-0.25, -0.2) is 0 Å². The number of nitrogens with two attached hydrogens (primary N) is 1. The first kappa shape index (κ1) is 15.2. The predicted molar refractivity (Wildman–Crippen MR) is 77.9 cm³/mol. The van der Waals surface area contributed by atoms with Gasteiger partial charge >= 0.3 is 0 Å². The van der Waals surface area contributed by atoms with Gasteiger partial charge in [-0.3, -0.25) is 14.9 Å². The minimum absolute atomic E-state index is 0.0518. The second-order valence-electron chi connectivity index (χ2n) is 5.63. The van der Waals surface area contributed by atoms with Crippen LogP contribution < -0.4 is 5.73 Å². The second kappa shape index (κ2) is 5.69. The van der Waals surface area contributed by atoms with Crippen molar-refractivity contribution < 1.29 is 14.8 Å². The molecule has 0 unspecified atom stereocenters. The summed E-state index contributed by atoms with van der Waals surface area (Å²) in [5.41, 5.74) is 4.68. The molecule has 114 valence electrons. The molecule has 1 aromatic carbocycles. The summed E-state index contributed by atoms with van der Waals surface area (Å²) in [5, 5.41) is 21.4. The number of anilines is 1. The molecule has 0 spiro atoms. The van der Waals surface area contributed by atoms with Crippen LogP contribution in [-0.2, 0) is 0 Å². The number of hydrogen-bond acceptors (Lipinski definition) is 5. The number of aliphatic hydroxyl groups is 1. The topological polar surface area (TPSA) is 110 Å². The highest BCUT2D eigenvalue weighted by Gasteiger charge is 2.34. The van der Waals surface area contributed by atoms with E-state index in [1.807, 2.05) is 0 Å². The van der Waals surface area contributed by atoms with Gasteiger partial charge in [-0.05, 0) is 25.0 Å². The van der Waals surface area contributed by atoms with Gasteiger partial charge in [-0.15, -0.1) is 0 Å². The Kier molecular flexibility index (Phi) is 4.13. The molecule has 1 fully saturated rings. The quantitative estimate of drug-likeness (QED) is 0.497. The monoisotopic (exact) mass is 293 g/mol. The molecule has 0 atom stereocenters. The Hall–Kier alpha value is -2.15. The van der Waals surface area contributed by atoms with Crippen LogP contribution in [-0.4, -0.2) is 40.0 Å². The summed E-state index contributed by atoms with van der Waals surface area (Å²) in [5.74, 6) is -0.505. The lowest BCUT2D eigenvalue weighted by molar-refractivity contribution is -0.385. The van der Waals surface area contributed by atoms with Crippen LogP contribution in [0, 0.1) is 10.1 Å². The summed E-state index contributed by atoms with van der Waals surface area (Å²) < 4.78 is 0. The molecule has 0 bridgehead atoms. The van der Waals surface area contributed by atoms with E-state index in [4.69, 9.17) is 5.73 Å². The molecule has 1 aromatic rings. The largest absolute Gasteiger partial charge is 0.399 e. The summed E-state index contributed by atoms with van der Waals surface area (Å²) >= 11 is 0. The van der Waals surface area contributed by atoms with Crippen molar-refractivity contribution in [3.8, 4) is 0 Å². The fourth-order valence-corrected chi connectivity index (χ4v) is 2.79. The fraction of sp³-hybridized carbons (Fsp3) is 0.500. The van der Waals surface area contributed by atoms with Crippen molar-refractivity contribution in [2.75, 3.05) is 19.3 Å². The van der Waals surface area contributed by atoms with Gasteiger partial charge in [-0.1, -0.05) is 12.8 Å². The molecule has 1 aliphatic rings. The molecule has 0 aliphatic heterocycles. The molecule has 1 aliphatic carbocycles. The van der Waals surface area contributed by atoms with Crippen LogP contribution in [0.1, 0.15) is 36.0 Å². The van der Waals surface area contributed by atoms with Gasteiger partial charge in [0.2, 0.25) is 0 Å². The maximum absolute atomic E-state index is 12.4. The van der Waals surface area contributed by atoms with Crippen LogP contribution in [0.2, 0.25) is 0 Å². The van der Waals surface area contributed by atoms with E-state index in [0.29, 0.717) is 12.8 Å². The van der Waals surface area contributed by atoms with Crippen molar-refractivity contribution in [1.29, 1.82) is 0 Å². The number of rotatable bonds is 4. The van der Waals surface area contributed by atoms with Crippen molar-refractivity contribution in [1.82, 2.24) is 4.90 Å². The zero-order valence-electron chi connectivity index (χ0n) is 11.9. The van der Waals surface area contributed by atoms with Gasteiger partial charge in [0.25, 0.3) is 11.6 Å². The van der Waals surface area contributed by atoms with Crippen molar-refractivity contribution >= 4 is 17.3 Å². The number of nitro groups is 1. The first-order valence-electron chi connectivity index (χ1n) is 6.84. The summed E-state index contributed by atoms with van der Waals surface area (Å²) in [6.07, 6.45) is 3.14. The van der Waals surface area contributed by atoms with Crippen LogP contribution >= 0.6 is 0 Å². The summed E-state index contributed by atoms with van der Waals surface area (Å²) in [6.45, 7) is 0.164. The zero-order valence-corrected chi connectivity index (χ0v) is 11.9. The number of nitrogens with zero attached hydrogens (tertiary/aromatic N) is 2. The van der Waals surface area contributed by atoms with E-state index in [2.05, 4.69) is 0 Å². The molecular formula is C14H19N3O4. The summed E-state index contributed by atoms with van der Waals surface area (Å²) in [7, 11) is 1.53. The van der Waals surface area contributed by atoms with Crippen molar-refractivity contribution in [3.05, 3.63) is 33.9 Å². The Morgan fingerprint density at radius 3 is 2.67 bits per heavy atom. The number of nitro benzene ring substituents is 1. The molecule has 21 heavy (non-hydrogen) atoms. The average molecular weight is 293 g/mol. The maximum Gasteiger partial charge on any atom is 0.282 e. The molecule has 0 saturated heterocycles. The zero-order chi connectivity index (χ0) is 15.6. The van der Waals surface area contributed by atoms with Gasteiger partial charge in [0.15, 0.2) is 0 Å². The fourth-order valence-electron chi connectivity index (χ4n) is 2.79. The Morgan fingerprint density at radius 2 is 2.10 bits per heavy atom. The SMILES string of the molecule is CN(CC1(O)CCCC1)C(=O)c1cc(N)ccc1[N+](=O)[O-]. The van der Waals surface area contributed by atoms with E-state index in [1.165, 1.54) is 30.1 Å². The minimum atomic E-state index is -0.889. The maximum atomic E-state index is 12.4. The highest BCUT2D eigenvalue weighted by atomic mass is 16.6. The highest BCUT2D eigenvalue weighted by Crippen LogP contribution is 2.31. The average Bonchev–Trinajstić information content (AvgIpc) is 2.83. The van der Waals surface area contributed by atoms with Crippen LogP contribution in [0.25, 0.3) is 0 Å². The highest BCUT2D eigenvalue weighted by molar-refractivity contribution is 5.98. The Balaban J connectivity index is 2.22. The lowest BCUT2D eigenvalue weighted by Crippen LogP contribution is -2.42. The number of carbonyl (C=O) groups excluding carboxylic acids is 1. The van der Waals surface area contributed by atoms with Crippen molar-refractivity contribution in [2.45, 2.75) is 31.3 Å². The molecule has 3 N–H and O–H groups in total. The number of likely N-dealkylation sites (N-methyl/N-ethyl adjacent to an activating group) is 1. The molecule has 0 radical (unpaired) electrons. The normalized spacial score (nSPS) is 16.7. The summed E-state index contributed by atoms with van der Waals surface area (Å²) in [4.78, 5) is 24.1. The molecule has 1 saturated carbocycles. The smallest absolute Gasteiger partial charge is 0.282 e. The van der Waals surface area contributed by atoms with Crippen LogP contribution in [0.5, 0.6) is 0 Å². The van der Waals surface area contributed by atoms with E-state index < -0.39 is 16.4 Å². The molecule has 7 heteroatoms. The van der Waals surface area contributed by atoms with E-state index in [-0.39, 0.29) is 23.5 Å². The Labute approximate surface area is 122 Å². The Morgan fingerprint density at radius 1 is 1.48 bits per heavy atom. The van der Waals surface area contributed by atoms with Crippen LogP contribution in [0.15, 0.2) is 18.2 Å². The van der Waals surface area contributed by atoms with Gasteiger partial charge in [0, 0.05) is 25.3 Å². The number of hydrogen-bond donors (Lipinski definition) is 2. The van der Waals surface area contributed by atoms with E-state index in [1.54, 1.807) is 0 Å². The van der Waals surface area contributed by atoms with E-state index in [0.717, 1.165) is 12.8 Å². The molecule has 7 nitrogen and oxygen atoms in total.